The maximum absolute atomic E-state index is 11.4. The van der Waals surface area contributed by atoms with E-state index < -0.39 is 0 Å². The zero-order valence-corrected chi connectivity index (χ0v) is 11.7. The molecule has 1 aromatic carbocycles. The van der Waals surface area contributed by atoms with E-state index in [1.165, 1.54) is 7.11 Å². The van der Waals surface area contributed by atoms with Crippen LogP contribution in [-0.4, -0.2) is 37.4 Å². The van der Waals surface area contributed by atoms with Crippen molar-refractivity contribution in [1.82, 2.24) is 0 Å². The second kappa shape index (κ2) is 5.21. The molecular weight excluding hydrogens is 242 g/mol. The number of piperidine rings is 1. The number of carbonyl (C=O) groups excluding carboxylic acids is 1. The Morgan fingerprint density at radius 2 is 2.00 bits per heavy atom. The fourth-order valence-corrected chi connectivity index (χ4v) is 2.49. The second-order valence-corrected chi connectivity index (χ2v) is 5.75. The fraction of sp³-hybridized carbons (Fsp3) is 0.533. The highest BCUT2D eigenvalue weighted by Crippen LogP contribution is 2.32. The summed E-state index contributed by atoms with van der Waals surface area (Å²) in [5, 5.41) is 9.96. The number of ether oxygens (including phenoxy) is 1. The van der Waals surface area contributed by atoms with Gasteiger partial charge >= 0.3 is 5.97 Å². The fourth-order valence-electron chi connectivity index (χ4n) is 2.49. The third-order valence-electron chi connectivity index (χ3n) is 3.83. The molecule has 0 amide bonds. The van der Waals surface area contributed by atoms with Gasteiger partial charge in [0.1, 0.15) is 0 Å². The number of benzene rings is 1. The minimum atomic E-state index is -0.319. The summed E-state index contributed by atoms with van der Waals surface area (Å²) in [4.78, 5) is 13.6. The van der Waals surface area contributed by atoms with E-state index in [-0.39, 0.29) is 17.5 Å². The molecule has 1 atom stereocenters. The molecular formula is C15H21NO3. The normalized spacial score (nSPS) is 22.1. The largest absolute Gasteiger partial charge is 0.465 e. The number of aliphatic hydroxyl groups is 1. The molecule has 1 N–H and O–H groups in total. The Balaban J connectivity index is 2.13. The van der Waals surface area contributed by atoms with Crippen molar-refractivity contribution in [2.24, 2.45) is 5.41 Å². The molecule has 1 saturated heterocycles. The molecule has 0 radical (unpaired) electrons. The minimum Gasteiger partial charge on any atom is -0.465 e. The van der Waals surface area contributed by atoms with Gasteiger partial charge < -0.3 is 14.7 Å². The van der Waals surface area contributed by atoms with E-state index in [0.29, 0.717) is 5.56 Å². The van der Waals surface area contributed by atoms with E-state index in [4.69, 9.17) is 0 Å². The molecule has 1 aliphatic heterocycles. The SMILES string of the molecule is COC(=O)c1ccc(N2CCC(O)C(C)(C)C2)cc1. The summed E-state index contributed by atoms with van der Waals surface area (Å²) >= 11 is 0. The lowest BCUT2D eigenvalue weighted by molar-refractivity contribution is 0.0336. The summed E-state index contributed by atoms with van der Waals surface area (Å²) in [6.45, 7) is 5.80. The highest BCUT2D eigenvalue weighted by molar-refractivity contribution is 5.89. The third-order valence-corrected chi connectivity index (χ3v) is 3.83. The van der Waals surface area contributed by atoms with Gasteiger partial charge in [-0.15, -0.1) is 0 Å². The van der Waals surface area contributed by atoms with Crippen LogP contribution < -0.4 is 4.90 Å². The van der Waals surface area contributed by atoms with E-state index in [1.54, 1.807) is 12.1 Å². The van der Waals surface area contributed by atoms with Crippen LogP contribution in [0, 0.1) is 5.41 Å². The maximum Gasteiger partial charge on any atom is 0.337 e. The minimum absolute atomic E-state index is 0.112. The number of carbonyl (C=O) groups is 1. The monoisotopic (exact) mass is 263 g/mol. The molecule has 104 valence electrons. The molecule has 1 aromatic rings. The van der Waals surface area contributed by atoms with Crippen LogP contribution >= 0.6 is 0 Å². The van der Waals surface area contributed by atoms with Crippen molar-refractivity contribution in [1.29, 1.82) is 0 Å². The Morgan fingerprint density at radius 1 is 1.37 bits per heavy atom. The number of hydrogen-bond donors (Lipinski definition) is 1. The van der Waals surface area contributed by atoms with Crippen LogP contribution in [-0.2, 0) is 4.74 Å². The van der Waals surface area contributed by atoms with E-state index in [1.807, 2.05) is 12.1 Å². The van der Waals surface area contributed by atoms with Crippen molar-refractivity contribution in [2.75, 3.05) is 25.1 Å². The standard InChI is InChI=1S/C15H21NO3/c1-15(2)10-16(9-8-13(15)17)12-6-4-11(5-7-12)14(18)19-3/h4-7,13,17H,8-10H2,1-3H3. The summed E-state index contributed by atoms with van der Waals surface area (Å²) in [6.07, 6.45) is 0.518. The zero-order chi connectivity index (χ0) is 14.0. The molecule has 0 spiro atoms. The highest BCUT2D eigenvalue weighted by Gasteiger charge is 2.34. The van der Waals surface area contributed by atoms with Crippen molar-refractivity contribution in [3.05, 3.63) is 29.8 Å². The molecule has 1 heterocycles. The molecule has 4 nitrogen and oxygen atoms in total. The summed E-state index contributed by atoms with van der Waals surface area (Å²) in [7, 11) is 1.38. The molecule has 1 unspecified atom stereocenters. The van der Waals surface area contributed by atoms with Crippen molar-refractivity contribution < 1.29 is 14.6 Å². The number of anilines is 1. The summed E-state index contributed by atoms with van der Waals surface area (Å²) < 4.78 is 4.68. The van der Waals surface area contributed by atoms with Gasteiger partial charge in [-0.3, -0.25) is 0 Å². The highest BCUT2D eigenvalue weighted by atomic mass is 16.5. The van der Waals surface area contributed by atoms with Crippen LogP contribution in [0.25, 0.3) is 0 Å². The predicted octanol–water partition coefficient (Wildman–Crippen LogP) is 2.07. The lowest BCUT2D eigenvalue weighted by Gasteiger charge is -2.43. The molecule has 2 rings (SSSR count). The first kappa shape index (κ1) is 13.9. The molecule has 0 aromatic heterocycles. The van der Waals surface area contributed by atoms with Gasteiger partial charge in [0, 0.05) is 24.2 Å². The number of rotatable bonds is 2. The van der Waals surface area contributed by atoms with Crippen LogP contribution in [0.3, 0.4) is 0 Å². The van der Waals surface area contributed by atoms with E-state index in [9.17, 15) is 9.90 Å². The molecule has 4 heteroatoms. The smallest absolute Gasteiger partial charge is 0.337 e. The quantitative estimate of drug-likeness (QED) is 0.830. The number of hydrogen-bond acceptors (Lipinski definition) is 4. The lowest BCUT2D eigenvalue weighted by atomic mass is 9.81. The van der Waals surface area contributed by atoms with Gasteiger partial charge in [-0.2, -0.15) is 0 Å². The Hall–Kier alpha value is -1.55. The zero-order valence-electron chi connectivity index (χ0n) is 11.7. The average molecular weight is 263 g/mol. The Kier molecular flexibility index (Phi) is 3.80. The lowest BCUT2D eigenvalue weighted by Crippen LogP contribution is -2.48. The van der Waals surface area contributed by atoms with Crippen molar-refractivity contribution in [3.63, 3.8) is 0 Å². The van der Waals surface area contributed by atoms with E-state index >= 15 is 0 Å². The van der Waals surface area contributed by atoms with Crippen molar-refractivity contribution >= 4 is 11.7 Å². The number of esters is 1. The van der Waals surface area contributed by atoms with Crippen LogP contribution in [0.1, 0.15) is 30.6 Å². The molecule has 1 fully saturated rings. The van der Waals surface area contributed by atoms with Crippen LogP contribution in [0.4, 0.5) is 5.69 Å². The number of aliphatic hydroxyl groups excluding tert-OH is 1. The van der Waals surface area contributed by atoms with Gasteiger partial charge in [-0.1, -0.05) is 13.8 Å². The van der Waals surface area contributed by atoms with Gasteiger partial charge in [0.2, 0.25) is 0 Å². The number of nitrogens with zero attached hydrogens (tertiary/aromatic N) is 1. The average Bonchev–Trinajstić information content (AvgIpc) is 2.41. The third kappa shape index (κ3) is 2.89. The Labute approximate surface area is 114 Å². The van der Waals surface area contributed by atoms with Gasteiger partial charge in [0.15, 0.2) is 0 Å². The summed E-state index contributed by atoms with van der Waals surface area (Å²) in [5.74, 6) is -0.319. The summed E-state index contributed by atoms with van der Waals surface area (Å²) in [5.41, 5.74) is 1.52. The topological polar surface area (TPSA) is 49.8 Å². The Bertz CT molecular complexity index is 453. The van der Waals surface area contributed by atoms with Gasteiger partial charge in [0.05, 0.1) is 18.8 Å². The van der Waals surface area contributed by atoms with Crippen LogP contribution in [0.15, 0.2) is 24.3 Å². The van der Waals surface area contributed by atoms with Gasteiger partial charge in [-0.05, 0) is 30.7 Å². The van der Waals surface area contributed by atoms with Crippen molar-refractivity contribution in [3.8, 4) is 0 Å². The molecule has 0 bridgehead atoms. The predicted molar refractivity (Wildman–Crippen MR) is 74.4 cm³/mol. The molecule has 0 aliphatic carbocycles. The van der Waals surface area contributed by atoms with Gasteiger partial charge in [-0.25, -0.2) is 4.79 Å². The molecule has 0 saturated carbocycles. The van der Waals surface area contributed by atoms with Crippen molar-refractivity contribution in [2.45, 2.75) is 26.4 Å². The van der Waals surface area contributed by atoms with E-state index in [2.05, 4.69) is 23.5 Å². The van der Waals surface area contributed by atoms with Gasteiger partial charge in [0.25, 0.3) is 0 Å². The first-order valence-corrected chi connectivity index (χ1v) is 6.55. The van der Waals surface area contributed by atoms with Crippen LogP contribution in [0.2, 0.25) is 0 Å². The first-order valence-electron chi connectivity index (χ1n) is 6.55. The number of methoxy groups -OCH3 is 1. The second-order valence-electron chi connectivity index (χ2n) is 5.75. The maximum atomic E-state index is 11.4. The summed E-state index contributed by atoms with van der Waals surface area (Å²) in [6, 6.07) is 7.42. The van der Waals surface area contributed by atoms with E-state index in [0.717, 1.165) is 25.2 Å². The Morgan fingerprint density at radius 3 is 2.53 bits per heavy atom. The van der Waals surface area contributed by atoms with Crippen LogP contribution in [0.5, 0.6) is 0 Å². The molecule has 19 heavy (non-hydrogen) atoms. The molecule has 1 aliphatic rings. The first-order chi connectivity index (χ1) is 8.94.